The first kappa shape index (κ1) is 15.7. The number of methoxy groups -OCH3 is 2. The normalized spacial score (nSPS) is 13.3. The molecule has 0 radical (unpaired) electrons. The lowest BCUT2D eigenvalue weighted by Crippen LogP contribution is -2.24. The van der Waals surface area contributed by atoms with E-state index in [0.29, 0.717) is 12.4 Å². The molecule has 1 aromatic rings. The number of hydrogen-bond acceptors (Lipinski definition) is 5. The van der Waals surface area contributed by atoms with Crippen molar-refractivity contribution in [2.45, 2.75) is 38.9 Å². The Bertz CT molecular complexity index is 408. The summed E-state index contributed by atoms with van der Waals surface area (Å²) in [4.78, 5) is 11.3. The maximum absolute atomic E-state index is 11.3. The standard InChI is InChI=1S/C14H22O5/c1-10(18-9-8-14(2,3)17-5)11-6-7-12(19-11)13(15)16-4/h6-7,10H,8-9H2,1-5H3. The van der Waals surface area contributed by atoms with Crippen LogP contribution in [-0.4, -0.2) is 32.4 Å². The summed E-state index contributed by atoms with van der Waals surface area (Å²) in [7, 11) is 3.00. The fraction of sp³-hybridized carbons (Fsp3) is 0.643. The SMILES string of the molecule is COC(=O)c1ccc(C(C)OCCC(C)(C)OC)o1. The fourth-order valence-corrected chi connectivity index (χ4v) is 1.45. The molecule has 19 heavy (non-hydrogen) atoms. The Morgan fingerprint density at radius 1 is 1.37 bits per heavy atom. The highest BCUT2D eigenvalue weighted by Crippen LogP contribution is 2.22. The molecule has 0 saturated carbocycles. The Hall–Kier alpha value is -1.33. The van der Waals surface area contributed by atoms with Gasteiger partial charge in [0.15, 0.2) is 0 Å². The summed E-state index contributed by atoms with van der Waals surface area (Å²) < 4.78 is 20.9. The first-order chi connectivity index (χ1) is 8.89. The molecule has 0 aliphatic carbocycles. The lowest BCUT2D eigenvalue weighted by molar-refractivity contribution is -0.0277. The third-order valence-electron chi connectivity index (χ3n) is 3.04. The van der Waals surface area contributed by atoms with Crippen molar-refractivity contribution in [3.63, 3.8) is 0 Å². The summed E-state index contributed by atoms with van der Waals surface area (Å²) in [5.74, 6) is 0.305. The molecule has 108 valence electrons. The lowest BCUT2D eigenvalue weighted by atomic mass is 10.1. The number of hydrogen-bond donors (Lipinski definition) is 0. The average molecular weight is 270 g/mol. The minimum Gasteiger partial charge on any atom is -0.463 e. The zero-order chi connectivity index (χ0) is 14.5. The number of furan rings is 1. The molecular formula is C14H22O5. The van der Waals surface area contributed by atoms with Crippen LogP contribution in [0.5, 0.6) is 0 Å². The molecule has 1 rings (SSSR count). The van der Waals surface area contributed by atoms with E-state index in [1.165, 1.54) is 7.11 Å². The van der Waals surface area contributed by atoms with Crippen molar-refractivity contribution in [2.24, 2.45) is 0 Å². The highest BCUT2D eigenvalue weighted by Gasteiger charge is 2.19. The van der Waals surface area contributed by atoms with Gasteiger partial charge in [-0.2, -0.15) is 0 Å². The van der Waals surface area contributed by atoms with Gasteiger partial charge in [0.2, 0.25) is 5.76 Å². The fourth-order valence-electron chi connectivity index (χ4n) is 1.45. The topological polar surface area (TPSA) is 57.9 Å². The van der Waals surface area contributed by atoms with Gasteiger partial charge in [-0.3, -0.25) is 0 Å². The quantitative estimate of drug-likeness (QED) is 0.713. The number of carbonyl (C=O) groups is 1. The van der Waals surface area contributed by atoms with Crippen molar-refractivity contribution in [3.8, 4) is 0 Å². The molecule has 0 spiro atoms. The second-order valence-corrected chi connectivity index (χ2v) is 4.92. The Morgan fingerprint density at radius 3 is 2.63 bits per heavy atom. The summed E-state index contributed by atoms with van der Waals surface area (Å²) >= 11 is 0. The van der Waals surface area contributed by atoms with E-state index >= 15 is 0 Å². The van der Waals surface area contributed by atoms with Crippen molar-refractivity contribution in [1.29, 1.82) is 0 Å². The van der Waals surface area contributed by atoms with E-state index in [0.717, 1.165) is 6.42 Å². The van der Waals surface area contributed by atoms with Crippen molar-refractivity contribution >= 4 is 5.97 Å². The van der Waals surface area contributed by atoms with Crippen molar-refractivity contribution in [1.82, 2.24) is 0 Å². The van der Waals surface area contributed by atoms with Crippen LogP contribution >= 0.6 is 0 Å². The third kappa shape index (κ3) is 4.69. The number of rotatable bonds is 7. The number of esters is 1. The molecule has 0 aliphatic heterocycles. The molecule has 5 nitrogen and oxygen atoms in total. The van der Waals surface area contributed by atoms with Gasteiger partial charge < -0.3 is 18.6 Å². The molecule has 1 heterocycles. The molecule has 1 unspecified atom stereocenters. The molecule has 0 aromatic carbocycles. The Morgan fingerprint density at radius 2 is 2.05 bits per heavy atom. The monoisotopic (exact) mass is 270 g/mol. The molecule has 5 heteroatoms. The smallest absolute Gasteiger partial charge is 0.373 e. The van der Waals surface area contributed by atoms with Crippen LogP contribution in [0.25, 0.3) is 0 Å². The van der Waals surface area contributed by atoms with Gasteiger partial charge in [0.1, 0.15) is 11.9 Å². The number of ether oxygens (including phenoxy) is 3. The van der Waals surface area contributed by atoms with Crippen LogP contribution in [0, 0.1) is 0 Å². The summed E-state index contributed by atoms with van der Waals surface area (Å²) in [6, 6.07) is 3.30. The second-order valence-electron chi connectivity index (χ2n) is 4.92. The van der Waals surface area contributed by atoms with Crippen molar-refractivity contribution in [2.75, 3.05) is 20.8 Å². The predicted molar refractivity (Wildman–Crippen MR) is 70.1 cm³/mol. The molecular weight excluding hydrogens is 248 g/mol. The van der Waals surface area contributed by atoms with Crippen LogP contribution in [0.2, 0.25) is 0 Å². The van der Waals surface area contributed by atoms with Gasteiger partial charge in [0.25, 0.3) is 0 Å². The van der Waals surface area contributed by atoms with E-state index < -0.39 is 5.97 Å². The van der Waals surface area contributed by atoms with Crippen LogP contribution in [-0.2, 0) is 14.2 Å². The summed E-state index contributed by atoms with van der Waals surface area (Å²) in [5, 5.41) is 0. The molecule has 1 atom stereocenters. The highest BCUT2D eigenvalue weighted by atomic mass is 16.5. The van der Waals surface area contributed by atoms with E-state index in [2.05, 4.69) is 4.74 Å². The molecule has 1 aromatic heterocycles. The van der Waals surface area contributed by atoms with Gasteiger partial charge in [0.05, 0.1) is 19.3 Å². The maximum atomic E-state index is 11.3. The van der Waals surface area contributed by atoms with Crippen LogP contribution in [0.15, 0.2) is 16.5 Å². The zero-order valence-corrected chi connectivity index (χ0v) is 12.2. The van der Waals surface area contributed by atoms with E-state index in [1.807, 2.05) is 20.8 Å². The lowest BCUT2D eigenvalue weighted by Gasteiger charge is -2.23. The maximum Gasteiger partial charge on any atom is 0.373 e. The molecule has 0 saturated heterocycles. The molecule has 0 bridgehead atoms. The molecule has 0 fully saturated rings. The van der Waals surface area contributed by atoms with Gasteiger partial charge in [-0.05, 0) is 39.3 Å². The zero-order valence-electron chi connectivity index (χ0n) is 12.2. The molecule has 0 N–H and O–H groups in total. The summed E-state index contributed by atoms with van der Waals surface area (Å²) in [6.45, 7) is 6.43. The Balaban J connectivity index is 2.48. The largest absolute Gasteiger partial charge is 0.463 e. The Kier molecular flexibility index (Phi) is 5.57. The van der Waals surface area contributed by atoms with E-state index in [4.69, 9.17) is 13.9 Å². The minimum atomic E-state index is -0.487. The number of carbonyl (C=O) groups excluding carboxylic acids is 1. The van der Waals surface area contributed by atoms with Crippen molar-refractivity contribution in [3.05, 3.63) is 23.7 Å². The van der Waals surface area contributed by atoms with Crippen molar-refractivity contribution < 1.29 is 23.4 Å². The molecule has 0 aliphatic rings. The van der Waals surface area contributed by atoms with Gasteiger partial charge >= 0.3 is 5.97 Å². The molecule has 0 amide bonds. The van der Waals surface area contributed by atoms with Gasteiger partial charge in [-0.15, -0.1) is 0 Å². The van der Waals surface area contributed by atoms with E-state index in [-0.39, 0.29) is 17.5 Å². The van der Waals surface area contributed by atoms with Gasteiger partial charge in [-0.25, -0.2) is 4.79 Å². The van der Waals surface area contributed by atoms with Crippen LogP contribution in [0.1, 0.15) is 49.6 Å². The van der Waals surface area contributed by atoms with Crippen LogP contribution < -0.4 is 0 Å². The third-order valence-corrected chi connectivity index (χ3v) is 3.04. The van der Waals surface area contributed by atoms with Crippen LogP contribution in [0.3, 0.4) is 0 Å². The first-order valence-electron chi connectivity index (χ1n) is 6.24. The van der Waals surface area contributed by atoms with Gasteiger partial charge in [0, 0.05) is 7.11 Å². The van der Waals surface area contributed by atoms with Crippen LogP contribution in [0.4, 0.5) is 0 Å². The minimum absolute atomic E-state index is 0.185. The van der Waals surface area contributed by atoms with E-state index in [9.17, 15) is 4.79 Å². The van der Waals surface area contributed by atoms with E-state index in [1.54, 1.807) is 19.2 Å². The summed E-state index contributed by atoms with van der Waals surface area (Å²) in [6.07, 6.45) is 0.560. The second kappa shape index (κ2) is 6.73. The predicted octanol–water partition coefficient (Wildman–Crippen LogP) is 2.96. The first-order valence-corrected chi connectivity index (χ1v) is 6.24. The summed E-state index contributed by atoms with van der Waals surface area (Å²) in [5.41, 5.74) is -0.208. The van der Waals surface area contributed by atoms with Gasteiger partial charge in [-0.1, -0.05) is 0 Å². The Labute approximate surface area is 113 Å². The highest BCUT2D eigenvalue weighted by molar-refractivity contribution is 5.86. The average Bonchev–Trinajstić information content (AvgIpc) is 2.87.